The van der Waals surface area contributed by atoms with Gasteiger partial charge < -0.3 is 10.2 Å². The van der Waals surface area contributed by atoms with Crippen molar-refractivity contribution in [2.75, 3.05) is 4.90 Å². The topological polar surface area (TPSA) is 67.2 Å². The van der Waals surface area contributed by atoms with Crippen LogP contribution < -0.4 is 10.2 Å². The molecule has 5 rings (SSSR count). The summed E-state index contributed by atoms with van der Waals surface area (Å²) in [6.45, 7) is 0.507. The highest BCUT2D eigenvalue weighted by molar-refractivity contribution is 6.00. The molecule has 1 saturated heterocycles. The fourth-order valence-electron chi connectivity index (χ4n) is 4.49. The summed E-state index contributed by atoms with van der Waals surface area (Å²) in [6, 6.07) is 15.7. The first-order valence-corrected chi connectivity index (χ1v) is 11.1. The van der Waals surface area contributed by atoms with Gasteiger partial charge in [-0.25, -0.2) is 13.5 Å². The Labute approximate surface area is 203 Å². The number of carbonyl (C=O) groups excluding carboxylic acids is 2. The Hall–Kier alpha value is -4.21. The number of benzene rings is 3. The van der Waals surface area contributed by atoms with Crippen LogP contribution in [0.25, 0.3) is 16.6 Å². The summed E-state index contributed by atoms with van der Waals surface area (Å²) < 4.78 is 55.8. The van der Waals surface area contributed by atoms with Gasteiger partial charge in [-0.3, -0.25) is 9.59 Å². The monoisotopic (exact) mass is 496 g/mol. The molecule has 2 atom stereocenters. The molecule has 0 saturated carbocycles. The zero-order chi connectivity index (χ0) is 25.6. The first-order valence-electron chi connectivity index (χ1n) is 11.1. The molecule has 0 radical (unpaired) electrons. The minimum Gasteiger partial charge on any atom is -0.345 e. The van der Waals surface area contributed by atoms with Crippen molar-refractivity contribution in [1.29, 1.82) is 0 Å². The molecule has 1 fully saturated rings. The van der Waals surface area contributed by atoms with Crippen LogP contribution in [0, 0.1) is 11.6 Å². The average molecular weight is 496 g/mol. The maximum absolute atomic E-state index is 13.8. The van der Waals surface area contributed by atoms with Crippen molar-refractivity contribution < 1.29 is 27.2 Å². The van der Waals surface area contributed by atoms with Crippen LogP contribution in [0.5, 0.6) is 0 Å². The molecule has 184 valence electrons. The van der Waals surface area contributed by atoms with Crippen molar-refractivity contribution in [3.05, 3.63) is 90.1 Å². The lowest BCUT2D eigenvalue weighted by Gasteiger charge is -2.29. The SMILES string of the molecule is CC(F)(F)C(=O)NC1CC(=O)N(c2ccc3c(cnn3-c3ccc(F)c(F)c3)c2)[C@@H]1c1ccccc1. The third-order valence-corrected chi connectivity index (χ3v) is 6.16. The number of aromatic nitrogens is 2. The number of nitrogens with zero attached hydrogens (tertiary/aromatic N) is 3. The van der Waals surface area contributed by atoms with Crippen LogP contribution in [0.1, 0.15) is 24.9 Å². The smallest absolute Gasteiger partial charge is 0.321 e. The molecule has 2 heterocycles. The van der Waals surface area contributed by atoms with E-state index in [4.69, 9.17) is 0 Å². The van der Waals surface area contributed by atoms with Gasteiger partial charge in [-0.05, 0) is 35.9 Å². The Morgan fingerprint density at radius 2 is 1.72 bits per heavy atom. The van der Waals surface area contributed by atoms with Gasteiger partial charge in [0.1, 0.15) is 0 Å². The fourth-order valence-corrected chi connectivity index (χ4v) is 4.49. The summed E-state index contributed by atoms with van der Waals surface area (Å²) in [6.07, 6.45) is 1.36. The number of rotatable bonds is 5. The number of hydrogen-bond acceptors (Lipinski definition) is 3. The van der Waals surface area contributed by atoms with Gasteiger partial charge in [0.15, 0.2) is 11.6 Å². The number of anilines is 1. The second-order valence-electron chi connectivity index (χ2n) is 8.69. The third-order valence-electron chi connectivity index (χ3n) is 6.16. The van der Waals surface area contributed by atoms with Crippen LogP contribution in [-0.4, -0.2) is 33.6 Å². The van der Waals surface area contributed by atoms with E-state index < -0.39 is 35.5 Å². The molecule has 0 spiro atoms. The van der Waals surface area contributed by atoms with Crippen molar-refractivity contribution in [2.24, 2.45) is 0 Å². The van der Waals surface area contributed by atoms with Crippen LogP contribution in [0.4, 0.5) is 23.2 Å². The summed E-state index contributed by atoms with van der Waals surface area (Å²) in [4.78, 5) is 26.6. The number of halogens is 4. The van der Waals surface area contributed by atoms with Crippen molar-refractivity contribution >= 4 is 28.4 Å². The summed E-state index contributed by atoms with van der Waals surface area (Å²) in [5.74, 6) is -7.37. The van der Waals surface area contributed by atoms with Crippen molar-refractivity contribution in [3.63, 3.8) is 0 Å². The molecule has 1 aromatic heterocycles. The predicted molar refractivity (Wildman–Crippen MR) is 125 cm³/mol. The quantitative estimate of drug-likeness (QED) is 0.399. The molecule has 0 aliphatic carbocycles. The number of carbonyl (C=O) groups is 2. The zero-order valence-corrected chi connectivity index (χ0v) is 19.0. The Kier molecular flexibility index (Phi) is 5.74. The maximum Gasteiger partial charge on any atom is 0.321 e. The molecule has 1 aliphatic rings. The number of hydrogen-bond donors (Lipinski definition) is 1. The van der Waals surface area contributed by atoms with Gasteiger partial charge in [-0.2, -0.15) is 13.9 Å². The first kappa shape index (κ1) is 23.5. The van der Waals surface area contributed by atoms with Gasteiger partial charge in [-0.1, -0.05) is 30.3 Å². The van der Waals surface area contributed by atoms with Gasteiger partial charge in [-0.15, -0.1) is 0 Å². The van der Waals surface area contributed by atoms with Crippen molar-refractivity contribution in [3.8, 4) is 5.69 Å². The summed E-state index contributed by atoms with van der Waals surface area (Å²) >= 11 is 0. The van der Waals surface area contributed by atoms with Crippen LogP contribution in [0.15, 0.2) is 72.9 Å². The third kappa shape index (κ3) is 4.19. The Morgan fingerprint density at radius 1 is 1.00 bits per heavy atom. The minimum absolute atomic E-state index is 0.159. The predicted octanol–water partition coefficient (Wildman–Crippen LogP) is 4.92. The highest BCUT2D eigenvalue weighted by Crippen LogP contribution is 2.39. The first-order chi connectivity index (χ1) is 17.1. The van der Waals surface area contributed by atoms with Gasteiger partial charge in [0.25, 0.3) is 5.91 Å². The molecular weight excluding hydrogens is 476 g/mol. The summed E-state index contributed by atoms with van der Waals surface area (Å²) in [5.41, 5.74) is 2.05. The van der Waals surface area contributed by atoms with Crippen molar-refractivity contribution in [1.82, 2.24) is 15.1 Å². The molecule has 3 aromatic carbocycles. The second kappa shape index (κ2) is 8.78. The van der Waals surface area contributed by atoms with Crippen LogP contribution in [-0.2, 0) is 9.59 Å². The minimum atomic E-state index is -3.59. The van der Waals surface area contributed by atoms with Gasteiger partial charge >= 0.3 is 5.92 Å². The number of amides is 2. The molecule has 1 aliphatic heterocycles. The normalized spacial score (nSPS) is 18.1. The van der Waals surface area contributed by atoms with E-state index in [-0.39, 0.29) is 12.3 Å². The summed E-state index contributed by atoms with van der Waals surface area (Å²) in [5, 5.41) is 7.22. The van der Waals surface area contributed by atoms with E-state index in [1.54, 1.807) is 48.5 Å². The van der Waals surface area contributed by atoms with Gasteiger partial charge in [0, 0.05) is 30.5 Å². The van der Waals surface area contributed by atoms with E-state index in [9.17, 15) is 27.2 Å². The number of nitrogens with one attached hydrogen (secondary N) is 1. The van der Waals surface area contributed by atoms with Crippen molar-refractivity contribution in [2.45, 2.75) is 31.4 Å². The van der Waals surface area contributed by atoms with Gasteiger partial charge in [0.2, 0.25) is 5.91 Å². The lowest BCUT2D eigenvalue weighted by molar-refractivity contribution is -0.143. The Morgan fingerprint density at radius 3 is 2.42 bits per heavy atom. The molecule has 10 heteroatoms. The zero-order valence-electron chi connectivity index (χ0n) is 19.0. The lowest BCUT2D eigenvalue weighted by Crippen LogP contribution is -2.46. The maximum atomic E-state index is 13.8. The van der Waals surface area contributed by atoms with Crippen LogP contribution in [0.3, 0.4) is 0 Å². The molecule has 6 nitrogen and oxygen atoms in total. The summed E-state index contributed by atoms with van der Waals surface area (Å²) in [7, 11) is 0. The van der Waals surface area contributed by atoms with E-state index in [0.29, 0.717) is 34.8 Å². The lowest BCUT2D eigenvalue weighted by atomic mass is 9.99. The molecule has 1 N–H and O–H groups in total. The van der Waals surface area contributed by atoms with Crippen LogP contribution >= 0.6 is 0 Å². The fraction of sp³-hybridized carbons (Fsp3) is 0.192. The number of alkyl halides is 2. The van der Waals surface area contributed by atoms with E-state index >= 15 is 0 Å². The second-order valence-corrected chi connectivity index (χ2v) is 8.69. The molecule has 0 bridgehead atoms. The Bertz CT molecular complexity index is 1470. The molecule has 4 aromatic rings. The van der Waals surface area contributed by atoms with E-state index in [1.807, 2.05) is 0 Å². The average Bonchev–Trinajstić information content (AvgIpc) is 3.41. The van der Waals surface area contributed by atoms with E-state index in [2.05, 4.69) is 10.4 Å². The molecule has 1 unspecified atom stereocenters. The largest absolute Gasteiger partial charge is 0.345 e. The highest BCUT2D eigenvalue weighted by atomic mass is 19.3. The van der Waals surface area contributed by atoms with E-state index in [0.717, 1.165) is 12.1 Å². The standard InChI is InChI=1S/C26H20F4N4O2/c1-26(29,30)25(36)32-21-13-23(35)33(24(21)15-5-3-2-4-6-15)17-8-10-22-16(11-17)14-31-34(22)18-7-9-19(27)20(28)12-18/h2-12,14,21,24H,13H2,1H3,(H,32,36)/t21?,24-/m1/s1. The van der Waals surface area contributed by atoms with E-state index in [1.165, 1.54) is 21.8 Å². The Balaban J connectivity index is 1.54. The molecule has 2 amide bonds. The number of fused-ring (bicyclic) bond motifs is 1. The molecule has 36 heavy (non-hydrogen) atoms. The van der Waals surface area contributed by atoms with Gasteiger partial charge in [0.05, 0.1) is 29.5 Å². The molecular formula is C26H20F4N4O2. The van der Waals surface area contributed by atoms with Crippen LogP contribution in [0.2, 0.25) is 0 Å². The highest BCUT2D eigenvalue weighted by Gasteiger charge is 2.45.